The Bertz CT molecular complexity index is 392. The van der Waals surface area contributed by atoms with E-state index < -0.39 is 0 Å². The molecule has 0 bridgehead atoms. The highest BCUT2D eigenvalue weighted by atomic mass is 32.2. The largest absolute Gasteiger partial charge is 0.493 e. The van der Waals surface area contributed by atoms with Gasteiger partial charge in [0.25, 0.3) is 0 Å². The lowest BCUT2D eigenvalue weighted by Gasteiger charge is -2.24. The number of nitrogens with one attached hydrogen (secondary N) is 1. The highest BCUT2D eigenvalue weighted by Crippen LogP contribution is 2.33. The van der Waals surface area contributed by atoms with Gasteiger partial charge in [-0.1, -0.05) is 12.1 Å². The molecule has 1 heterocycles. The van der Waals surface area contributed by atoms with Crippen molar-refractivity contribution in [3.8, 4) is 11.5 Å². The molecule has 0 amide bonds. The Balaban J connectivity index is 2.09. The maximum atomic E-state index is 6.13. The van der Waals surface area contributed by atoms with E-state index in [0.717, 1.165) is 36.6 Å². The Morgan fingerprint density at radius 2 is 2.32 bits per heavy atom. The summed E-state index contributed by atoms with van der Waals surface area (Å²) < 4.78 is 11.7. The van der Waals surface area contributed by atoms with Crippen molar-refractivity contribution in [2.45, 2.75) is 25.4 Å². The fourth-order valence-electron chi connectivity index (χ4n) is 2.33. The molecule has 0 aromatic heterocycles. The molecule has 1 N–H and O–H groups in total. The first-order valence-corrected chi connectivity index (χ1v) is 8.05. The molecule has 0 spiro atoms. The first-order valence-electron chi connectivity index (χ1n) is 6.90. The van der Waals surface area contributed by atoms with E-state index in [-0.39, 0.29) is 0 Å². The molecule has 1 unspecified atom stereocenters. The molecular weight excluding hydrogens is 258 g/mol. The quantitative estimate of drug-likeness (QED) is 0.868. The van der Waals surface area contributed by atoms with Crippen LogP contribution in [0.3, 0.4) is 0 Å². The van der Waals surface area contributed by atoms with Gasteiger partial charge in [-0.15, -0.1) is 0 Å². The van der Waals surface area contributed by atoms with Crippen molar-refractivity contribution in [2.75, 3.05) is 32.2 Å². The van der Waals surface area contributed by atoms with Gasteiger partial charge in [0.05, 0.1) is 7.11 Å². The van der Waals surface area contributed by atoms with Crippen LogP contribution in [-0.2, 0) is 6.42 Å². The van der Waals surface area contributed by atoms with Crippen molar-refractivity contribution in [3.05, 3.63) is 23.8 Å². The van der Waals surface area contributed by atoms with Gasteiger partial charge in [-0.2, -0.15) is 11.8 Å². The lowest BCUT2D eigenvalue weighted by molar-refractivity contribution is 0.202. The minimum atomic E-state index is 0.326. The normalized spacial score (nSPS) is 19.2. The third-order valence-electron chi connectivity index (χ3n) is 3.32. The SMILES string of the molecule is CNCCc1cccc(OC2CCCSC2)c1OC. The molecule has 1 fully saturated rings. The zero-order chi connectivity index (χ0) is 13.5. The molecule has 0 saturated carbocycles. The first-order chi connectivity index (χ1) is 9.35. The Morgan fingerprint density at radius 1 is 1.42 bits per heavy atom. The van der Waals surface area contributed by atoms with Crippen LogP contribution in [0.1, 0.15) is 18.4 Å². The Morgan fingerprint density at radius 3 is 3.00 bits per heavy atom. The number of likely N-dealkylation sites (N-methyl/N-ethyl adjacent to an activating group) is 1. The summed E-state index contributed by atoms with van der Waals surface area (Å²) in [5, 5.41) is 3.17. The number of ether oxygens (including phenoxy) is 2. The third kappa shape index (κ3) is 4.05. The fourth-order valence-corrected chi connectivity index (χ4v) is 3.36. The zero-order valence-corrected chi connectivity index (χ0v) is 12.6. The number of hydrogen-bond acceptors (Lipinski definition) is 4. The van der Waals surface area contributed by atoms with Crippen LogP contribution in [0.4, 0.5) is 0 Å². The number of hydrogen-bond donors (Lipinski definition) is 1. The van der Waals surface area contributed by atoms with Crippen LogP contribution in [0.5, 0.6) is 11.5 Å². The fraction of sp³-hybridized carbons (Fsp3) is 0.600. The van der Waals surface area contributed by atoms with Crippen LogP contribution in [-0.4, -0.2) is 38.3 Å². The minimum Gasteiger partial charge on any atom is -0.493 e. The summed E-state index contributed by atoms with van der Waals surface area (Å²) in [6, 6.07) is 6.18. The summed E-state index contributed by atoms with van der Waals surface area (Å²) in [7, 11) is 3.69. The van der Waals surface area contributed by atoms with E-state index in [4.69, 9.17) is 9.47 Å². The Hall–Kier alpha value is -0.870. The van der Waals surface area contributed by atoms with Gasteiger partial charge >= 0.3 is 0 Å². The molecule has 19 heavy (non-hydrogen) atoms. The average molecular weight is 281 g/mol. The van der Waals surface area contributed by atoms with E-state index >= 15 is 0 Å². The van der Waals surface area contributed by atoms with Crippen LogP contribution >= 0.6 is 11.8 Å². The lowest BCUT2D eigenvalue weighted by atomic mass is 10.1. The van der Waals surface area contributed by atoms with Gasteiger partial charge in [0.2, 0.25) is 0 Å². The van der Waals surface area contributed by atoms with Crippen LogP contribution in [0.15, 0.2) is 18.2 Å². The van der Waals surface area contributed by atoms with E-state index in [1.54, 1.807) is 7.11 Å². The Labute approximate surface area is 120 Å². The predicted octanol–water partition coefficient (Wildman–Crippen LogP) is 2.73. The number of para-hydroxylation sites is 1. The summed E-state index contributed by atoms with van der Waals surface area (Å²) in [6.07, 6.45) is 3.68. The summed E-state index contributed by atoms with van der Waals surface area (Å²) in [4.78, 5) is 0. The van der Waals surface area contributed by atoms with E-state index in [1.165, 1.54) is 17.7 Å². The number of thioether (sulfide) groups is 1. The molecule has 0 aliphatic carbocycles. The summed E-state index contributed by atoms with van der Waals surface area (Å²) in [5.41, 5.74) is 1.21. The van der Waals surface area contributed by atoms with E-state index in [0.29, 0.717) is 6.10 Å². The van der Waals surface area contributed by atoms with Gasteiger partial charge in [0, 0.05) is 5.75 Å². The maximum absolute atomic E-state index is 6.13. The molecule has 1 saturated heterocycles. The summed E-state index contributed by atoms with van der Waals surface area (Å²) in [6.45, 7) is 0.944. The van der Waals surface area contributed by atoms with E-state index in [1.807, 2.05) is 24.9 Å². The predicted molar refractivity (Wildman–Crippen MR) is 81.6 cm³/mol. The molecule has 1 atom stereocenters. The third-order valence-corrected chi connectivity index (χ3v) is 4.51. The van der Waals surface area contributed by atoms with Gasteiger partial charge in [-0.25, -0.2) is 0 Å². The molecule has 1 aromatic rings. The van der Waals surface area contributed by atoms with Crippen LogP contribution in [0, 0.1) is 0 Å². The number of benzene rings is 1. The molecule has 1 aromatic carbocycles. The second-order valence-corrected chi connectivity index (χ2v) is 5.91. The number of methoxy groups -OCH3 is 1. The second kappa shape index (κ2) is 7.65. The van der Waals surface area contributed by atoms with Gasteiger partial charge in [0.1, 0.15) is 6.10 Å². The molecular formula is C15H23NO2S. The molecule has 4 heteroatoms. The highest BCUT2D eigenvalue weighted by molar-refractivity contribution is 7.99. The van der Waals surface area contributed by atoms with Crippen LogP contribution in [0.2, 0.25) is 0 Å². The molecule has 2 rings (SSSR count). The monoisotopic (exact) mass is 281 g/mol. The van der Waals surface area contributed by atoms with Crippen LogP contribution < -0.4 is 14.8 Å². The summed E-state index contributed by atoms with van der Waals surface area (Å²) in [5.74, 6) is 4.14. The summed E-state index contributed by atoms with van der Waals surface area (Å²) >= 11 is 1.98. The van der Waals surface area contributed by atoms with Crippen LogP contribution in [0.25, 0.3) is 0 Å². The van der Waals surface area contributed by atoms with Crippen molar-refractivity contribution in [2.24, 2.45) is 0 Å². The van der Waals surface area contributed by atoms with Crippen molar-refractivity contribution < 1.29 is 9.47 Å². The van der Waals surface area contributed by atoms with Gasteiger partial charge in [-0.3, -0.25) is 0 Å². The zero-order valence-electron chi connectivity index (χ0n) is 11.8. The van der Waals surface area contributed by atoms with Crippen molar-refractivity contribution >= 4 is 11.8 Å². The van der Waals surface area contributed by atoms with Crippen molar-refractivity contribution in [1.82, 2.24) is 5.32 Å². The first kappa shape index (κ1) is 14.5. The molecule has 1 aliphatic rings. The molecule has 3 nitrogen and oxygen atoms in total. The Kier molecular flexibility index (Phi) is 5.86. The molecule has 106 valence electrons. The maximum Gasteiger partial charge on any atom is 0.163 e. The van der Waals surface area contributed by atoms with Gasteiger partial charge in [0.15, 0.2) is 11.5 Å². The smallest absolute Gasteiger partial charge is 0.163 e. The van der Waals surface area contributed by atoms with Gasteiger partial charge < -0.3 is 14.8 Å². The van der Waals surface area contributed by atoms with Crippen molar-refractivity contribution in [1.29, 1.82) is 0 Å². The van der Waals surface area contributed by atoms with E-state index in [9.17, 15) is 0 Å². The van der Waals surface area contributed by atoms with Crippen molar-refractivity contribution in [3.63, 3.8) is 0 Å². The standard InChI is InChI=1S/C15H23NO2S/c1-16-9-8-12-5-3-7-14(15(12)17-2)18-13-6-4-10-19-11-13/h3,5,7,13,16H,4,6,8-11H2,1-2H3. The second-order valence-electron chi connectivity index (χ2n) is 4.76. The lowest BCUT2D eigenvalue weighted by Crippen LogP contribution is -2.23. The molecule has 0 radical (unpaired) electrons. The average Bonchev–Trinajstić information content (AvgIpc) is 2.46. The van der Waals surface area contributed by atoms with Gasteiger partial charge in [-0.05, 0) is 50.2 Å². The topological polar surface area (TPSA) is 30.5 Å². The number of rotatable bonds is 6. The highest BCUT2D eigenvalue weighted by Gasteiger charge is 2.18. The molecule has 1 aliphatic heterocycles. The van der Waals surface area contributed by atoms with E-state index in [2.05, 4.69) is 17.4 Å². The minimum absolute atomic E-state index is 0.326.